The van der Waals surface area contributed by atoms with Crippen LogP contribution in [0.3, 0.4) is 0 Å². The zero-order chi connectivity index (χ0) is 13.1. The number of anilines is 1. The van der Waals surface area contributed by atoms with Crippen LogP contribution in [0.4, 0.5) is 5.82 Å². The largest absolute Gasteiger partial charge is 0.389 e. The summed E-state index contributed by atoms with van der Waals surface area (Å²) in [6.45, 7) is 1.72. The van der Waals surface area contributed by atoms with Gasteiger partial charge in [0, 0.05) is 31.4 Å². The summed E-state index contributed by atoms with van der Waals surface area (Å²) in [6.07, 6.45) is 1.11. The van der Waals surface area contributed by atoms with Crippen LogP contribution in [0.2, 0.25) is 0 Å². The zero-order valence-electron chi connectivity index (χ0n) is 10.8. The van der Waals surface area contributed by atoms with E-state index in [9.17, 15) is 5.11 Å². The van der Waals surface area contributed by atoms with Crippen LogP contribution in [-0.2, 0) is 0 Å². The Morgan fingerprint density at radius 3 is 2.39 bits per heavy atom. The van der Waals surface area contributed by atoms with Gasteiger partial charge in [0.25, 0.3) is 0 Å². The number of aliphatic hydroxyl groups excluding tert-OH is 1. The van der Waals surface area contributed by atoms with Crippen LogP contribution in [0.15, 0.2) is 36.5 Å². The van der Waals surface area contributed by atoms with Crippen molar-refractivity contribution in [1.29, 1.82) is 0 Å². The molecule has 0 aliphatic heterocycles. The first-order valence-electron chi connectivity index (χ1n) is 5.87. The molecule has 0 amide bonds. The van der Waals surface area contributed by atoms with Crippen LogP contribution in [0.1, 0.15) is 18.6 Å². The van der Waals surface area contributed by atoms with Crippen LogP contribution in [0.5, 0.6) is 0 Å². The standard InChI is InChI=1S/C14H17N3O/c1-10(18)12-9-15-13(16-14(12)17(2)3)11-7-5-4-6-8-11/h4-10,18H,1-3H3/t10-/m1/s1. The molecule has 94 valence electrons. The van der Waals surface area contributed by atoms with Gasteiger partial charge in [0.2, 0.25) is 0 Å². The van der Waals surface area contributed by atoms with Gasteiger partial charge in [-0.3, -0.25) is 0 Å². The van der Waals surface area contributed by atoms with Crippen molar-refractivity contribution in [2.75, 3.05) is 19.0 Å². The van der Waals surface area contributed by atoms with Crippen molar-refractivity contribution in [3.05, 3.63) is 42.1 Å². The normalized spacial score (nSPS) is 12.2. The van der Waals surface area contributed by atoms with E-state index in [0.29, 0.717) is 5.82 Å². The quantitative estimate of drug-likeness (QED) is 0.898. The molecule has 1 heterocycles. The van der Waals surface area contributed by atoms with Crippen molar-refractivity contribution in [3.63, 3.8) is 0 Å². The average molecular weight is 243 g/mol. The lowest BCUT2D eigenvalue weighted by Gasteiger charge is -2.18. The van der Waals surface area contributed by atoms with Gasteiger partial charge in [-0.05, 0) is 6.92 Å². The Hall–Kier alpha value is -1.94. The highest BCUT2D eigenvalue weighted by atomic mass is 16.3. The molecule has 4 nitrogen and oxygen atoms in total. The summed E-state index contributed by atoms with van der Waals surface area (Å²) in [4.78, 5) is 10.7. The lowest BCUT2D eigenvalue weighted by molar-refractivity contribution is 0.199. The number of hydrogen-bond acceptors (Lipinski definition) is 4. The van der Waals surface area contributed by atoms with E-state index in [1.807, 2.05) is 49.3 Å². The molecule has 0 saturated carbocycles. The molecule has 18 heavy (non-hydrogen) atoms. The summed E-state index contributed by atoms with van der Waals surface area (Å²) in [5.74, 6) is 1.42. The number of nitrogens with zero attached hydrogens (tertiary/aromatic N) is 3. The van der Waals surface area contributed by atoms with Gasteiger partial charge >= 0.3 is 0 Å². The van der Waals surface area contributed by atoms with E-state index in [2.05, 4.69) is 9.97 Å². The molecule has 2 rings (SSSR count). The minimum atomic E-state index is -0.577. The van der Waals surface area contributed by atoms with Crippen molar-refractivity contribution in [2.45, 2.75) is 13.0 Å². The van der Waals surface area contributed by atoms with Crippen molar-refractivity contribution < 1.29 is 5.11 Å². The number of benzene rings is 1. The Labute approximate surface area is 107 Å². The van der Waals surface area contributed by atoms with E-state index in [4.69, 9.17) is 0 Å². The third kappa shape index (κ3) is 2.49. The fourth-order valence-electron chi connectivity index (χ4n) is 1.76. The molecule has 0 fully saturated rings. The van der Waals surface area contributed by atoms with Crippen molar-refractivity contribution >= 4 is 5.82 Å². The molecule has 2 aromatic rings. The summed E-state index contributed by atoms with van der Waals surface area (Å²) < 4.78 is 0. The summed E-state index contributed by atoms with van der Waals surface area (Å²) in [7, 11) is 3.81. The monoisotopic (exact) mass is 243 g/mol. The molecular weight excluding hydrogens is 226 g/mol. The van der Waals surface area contributed by atoms with E-state index in [1.165, 1.54) is 0 Å². The third-order valence-corrected chi connectivity index (χ3v) is 2.70. The lowest BCUT2D eigenvalue weighted by Crippen LogP contribution is -2.15. The van der Waals surface area contributed by atoms with Gasteiger partial charge in [-0.2, -0.15) is 0 Å². The predicted molar refractivity (Wildman–Crippen MR) is 72.4 cm³/mol. The molecule has 0 aliphatic rings. The Morgan fingerprint density at radius 2 is 1.83 bits per heavy atom. The maximum atomic E-state index is 9.71. The second kappa shape index (κ2) is 5.14. The zero-order valence-corrected chi connectivity index (χ0v) is 10.8. The summed E-state index contributed by atoms with van der Waals surface area (Å²) >= 11 is 0. The molecule has 0 aliphatic carbocycles. The number of rotatable bonds is 3. The van der Waals surface area contributed by atoms with Gasteiger partial charge in [0.1, 0.15) is 5.82 Å². The molecule has 0 unspecified atom stereocenters. The molecule has 0 spiro atoms. The Kier molecular flexibility index (Phi) is 3.58. The number of aromatic nitrogens is 2. The first-order chi connectivity index (χ1) is 8.59. The van der Waals surface area contributed by atoms with E-state index in [0.717, 1.165) is 16.9 Å². The summed E-state index contributed by atoms with van der Waals surface area (Å²) in [5.41, 5.74) is 1.71. The first kappa shape index (κ1) is 12.5. The van der Waals surface area contributed by atoms with Crippen LogP contribution in [0.25, 0.3) is 11.4 Å². The van der Waals surface area contributed by atoms with Crippen LogP contribution in [-0.4, -0.2) is 29.2 Å². The highest BCUT2D eigenvalue weighted by Crippen LogP contribution is 2.25. The molecule has 1 N–H and O–H groups in total. The Morgan fingerprint density at radius 1 is 1.17 bits per heavy atom. The molecule has 1 aromatic carbocycles. The molecule has 1 aromatic heterocycles. The number of aliphatic hydroxyl groups is 1. The Bertz CT molecular complexity index is 524. The second-order valence-corrected chi connectivity index (χ2v) is 4.41. The minimum absolute atomic E-state index is 0.577. The predicted octanol–water partition coefficient (Wildman–Crippen LogP) is 2.26. The van der Waals surface area contributed by atoms with Crippen LogP contribution < -0.4 is 4.90 Å². The molecular formula is C14H17N3O. The molecule has 0 radical (unpaired) electrons. The van der Waals surface area contributed by atoms with Crippen molar-refractivity contribution in [2.24, 2.45) is 0 Å². The molecule has 0 bridgehead atoms. The first-order valence-corrected chi connectivity index (χ1v) is 5.87. The summed E-state index contributed by atoms with van der Waals surface area (Å²) in [5, 5.41) is 9.71. The van der Waals surface area contributed by atoms with E-state index in [1.54, 1.807) is 13.1 Å². The SMILES string of the molecule is C[C@@H](O)c1cnc(-c2ccccc2)nc1N(C)C. The topological polar surface area (TPSA) is 49.3 Å². The molecule has 4 heteroatoms. The number of hydrogen-bond donors (Lipinski definition) is 1. The van der Waals surface area contributed by atoms with Crippen LogP contribution in [0, 0.1) is 0 Å². The van der Waals surface area contributed by atoms with Gasteiger partial charge in [-0.1, -0.05) is 30.3 Å². The fraction of sp³-hybridized carbons (Fsp3) is 0.286. The van der Waals surface area contributed by atoms with Gasteiger partial charge in [0.15, 0.2) is 5.82 Å². The second-order valence-electron chi connectivity index (χ2n) is 4.41. The maximum Gasteiger partial charge on any atom is 0.161 e. The van der Waals surface area contributed by atoms with E-state index < -0.39 is 6.10 Å². The van der Waals surface area contributed by atoms with Gasteiger partial charge < -0.3 is 10.0 Å². The van der Waals surface area contributed by atoms with Gasteiger partial charge in [-0.15, -0.1) is 0 Å². The van der Waals surface area contributed by atoms with Crippen molar-refractivity contribution in [3.8, 4) is 11.4 Å². The van der Waals surface area contributed by atoms with Gasteiger partial charge in [0.05, 0.1) is 6.10 Å². The van der Waals surface area contributed by atoms with Gasteiger partial charge in [-0.25, -0.2) is 9.97 Å². The smallest absolute Gasteiger partial charge is 0.161 e. The minimum Gasteiger partial charge on any atom is -0.389 e. The molecule has 0 saturated heterocycles. The highest BCUT2D eigenvalue weighted by molar-refractivity contribution is 5.58. The lowest BCUT2D eigenvalue weighted by atomic mass is 10.1. The van der Waals surface area contributed by atoms with E-state index in [-0.39, 0.29) is 0 Å². The third-order valence-electron chi connectivity index (χ3n) is 2.70. The van der Waals surface area contributed by atoms with Crippen molar-refractivity contribution in [1.82, 2.24) is 9.97 Å². The van der Waals surface area contributed by atoms with E-state index >= 15 is 0 Å². The fourth-order valence-corrected chi connectivity index (χ4v) is 1.76. The Balaban J connectivity index is 2.50. The maximum absolute atomic E-state index is 9.71. The summed E-state index contributed by atoms with van der Waals surface area (Å²) in [6, 6.07) is 9.81. The average Bonchev–Trinajstić information content (AvgIpc) is 2.39. The highest BCUT2D eigenvalue weighted by Gasteiger charge is 2.13. The molecule has 1 atom stereocenters. The van der Waals surface area contributed by atoms with Crippen LogP contribution >= 0.6 is 0 Å².